The lowest BCUT2D eigenvalue weighted by atomic mass is 9.98. The van der Waals surface area contributed by atoms with Crippen molar-refractivity contribution in [1.82, 2.24) is 4.98 Å². The molecule has 0 aliphatic heterocycles. The smallest absolute Gasteiger partial charge is 0.255 e. The Kier molecular flexibility index (Phi) is 4.94. The molecule has 4 nitrogen and oxygen atoms in total. The van der Waals surface area contributed by atoms with E-state index >= 15 is 0 Å². The van der Waals surface area contributed by atoms with Gasteiger partial charge < -0.3 is 9.73 Å². The minimum atomic E-state index is -0.145. The lowest BCUT2D eigenvalue weighted by Crippen LogP contribution is -2.11. The maximum atomic E-state index is 12.4. The van der Waals surface area contributed by atoms with Crippen LogP contribution in [-0.4, -0.2) is 10.9 Å². The van der Waals surface area contributed by atoms with Crippen LogP contribution in [0.15, 0.2) is 77.2 Å². The van der Waals surface area contributed by atoms with Gasteiger partial charge in [0.2, 0.25) is 5.89 Å². The van der Waals surface area contributed by atoms with Crippen LogP contribution >= 0.6 is 0 Å². The fourth-order valence-corrected chi connectivity index (χ4v) is 3.13. The Morgan fingerprint density at radius 1 is 1.04 bits per heavy atom. The van der Waals surface area contributed by atoms with Crippen molar-refractivity contribution in [2.24, 2.45) is 0 Å². The zero-order valence-electron chi connectivity index (χ0n) is 16.0. The summed E-state index contributed by atoms with van der Waals surface area (Å²) in [5.74, 6) is 0.890. The monoisotopic (exact) mass is 370 g/mol. The first-order chi connectivity index (χ1) is 13.6. The second kappa shape index (κ2) is 7.69. The van der Waals surface area contributed by atoms with Crippen molar-refractivity contribution in [3.63, 3.8) is 0 Å². The number of nitrogens with one attached hydrogen (secondary N) is 1. The van der Waals surface area contributed by atoms with Crippen LogP contribution in [0, 0.1) is 0 Å². The topological polar surface area (TPSA) is 55.1 Å². The van der Waals surface area contributed by atoms with Crippen LogP contribution in [0.3, 0.4) is 0 Å². The summed E-state index contributed by atoms with van der Waals surface area (Å²) < 4.78 is 5.94. The van der Waals surface area contributed by atoms with Crippen molar-refractivity contribution in [2.45, 2.75) is 26.2 Å². The Hall–Kier alpha value is -3.40. The predicted octanol–water partition coefficient (Wildman–Crippen LogP) is 6.26. The summed E-state index contributed by atoms with van der Waals surface area (Å²) in [6.45, 7) is 4.39. The number of anilines is 1. The Bertz CT molecular complexity index is 1120. The first-order valence-corrected chi connectivity index (χ1v) is 9.51. The molecule has 0 saturated carbocycles. The van der Waals surface area contributed by atoms with E-state index in [9.17, 15) is 4.79 Å². The molecule has 1 heterocycles. The first kappa shape index (κ1) is 18.0. The maximum absolute atomic E-state index is 12.4. The Labute approximate surface area is 164 Å². The summed E-state index contributed by atoms with van der Waals surface area (Å²) >= 11 is 0. The Morgan fingerprint density at radius 3 is 2.64 bits per heavy atom. The van der Waals surface area contributed by atoms with Gasteiger partial charge in [-0.25, -0.2) is 4.98 Å². The summed E-state index contributed by atoms with van der Waals surface area (Å²) in [5, 5.41) is 2.93. The number of hydrogen-bond acceptors (Lipinski definition) is 3. The van der Waals surface area contributed by atoms with Crippen LogP contribution in [0.1, 0.15) is 42.1 Å². The van der Waals surface area contributed by atoms with Crippen LogP contribution < -0.4 is 5.32 Å². The highest BCUT2D eigenvalue weighted by Crippen LogP contribution is 2.29. The van der Waals surface area contributed by atoms with E-state index < -0.39 is 0 Å². The average Bonchev–Trinajstić information content (AvgIpc) is 3.17. The maximum Gasteiger partial charge on any atom is 0.255 e. The molecule has 1 aromatic heterocycles. The van der Waals surface area contributed by atoms with Gasteiger partial charge in [-0.15, -0.1) is 0 Å². The molecule has 4 rings (SSSR count). The average molecular weight is 370 g/mol. The van der Waals surface area contributed by atoms with Crippen molar-refractivity contribution in [2.75, 3.05) is 5.32 Å². The van der Waals surface area contributed by atoms with E-state index in [0.29, 0.717) is 23.1 Å². The van der Waals surface area contributed by atoms with Crippen molar-refractivity contribution in [3.8, 4) is 11.5 Å². The summed E-state index contributed by atoms with van der Waals surface area (Å²) in [5.41, 5.74) is 5.03. The van der Waals surface area contributed by atoms with Gasteiger partial charge in [0, 0.05) is 16.8 Å². The summed E-state index contributed by atoms with van der Waals surface area (Å²) in [6, 6.07) is 22.9. The summed E-state index contributed by atoms with van der Waals surface area (Å²) in [7, 11) is 0. The number of hydrogen-bond donors (Lipinski definition) is 1. The van der Waals surface area contributed by atoms with Gasteiger partial charge in [-0.3, -0.25) is 4.79 Å². The number of oxazole rings is 1. The van der Waals surface area contributed by atoms with Crippen molar-refractivity contribution < 1.29 is 9.21 Å². The van der Waals surface area contributed by atoms with Crippen LogP contribution in [0.2, 0.25) is 0 Å². The van der Waals surface area contributed by atoms with E-state index in [1.165, 1.54) is 5.56 Å². The van der Waals surface area contributed by atoms with Crippen LogP contribution in [0.4, 0.5) is 5.69 Å². The van der Waals surface area contributed by atoms with Gasteiger partial charge in [-0.05, 0) is 60.4 Å². The zero-order valence-corrected chi connectivity index (χ0v) is 16.0. The molecule has 0 aliphatic carbocycles. The molecule has 0 unspecified atom stereocenters. The molecule has 1 N–H and O–H groups in total. The van der Waals surface area contributed by atoms with Gasteiger partial charge in [0.25, 0.3) is 5.91 Å². The normalized spacial score (nSPS) is 12.1. The molecule has 0 radical (unpaired) electrons. The molecule has 0 bridgehead atoms. The second-order valence-electron chi connectivity index (χ2n) is 6.96. The van der Waals surface area contributed by atoms with Crippen molar-refractivity contribution in [3.05, 3.63) is 83.9 Å². The quantitative estimate of drug-likeness (QED) is 0.451. The SMILES string of the molecule is CC[C@H](C)c1ccc2oc(-c3cccc(NC(=O)c4ccccc4)c3)nc2c1. The molecule has 0 spiro atoms. The van der Waals surface area contributed by atoms with Crippen molar-refractivity contribution in [1.29, 1.82) is 0 Å². The van der Waals surface area contributed by atoms with E-state index in [-0.39, 0.29) is 5.91 Å². The van der Waals surface area contributed by atoms with Gasteiger partial charge >= 0.3 is 0 Å². The molecule has 0 saturated heterocycles. The Morgan fingerprint density at radius 2 is 1.86 bits per heavy atom. The molecule has 1 amide bonds. The molecule has 28 heavy (non-hydrogen) atoms. The molecular weight excluding hydrogens is 348 g/mol. The minimum Gasteiger partial charge on any atom is -0.436 e. The number of amides is 1. The molecule has 0 aliphatic rings. The molecule has 1 atom stereocenters. The molecule has 4 heteroatoms. The highest BCUT2D eigenvalue weighted by molar-refractivity contribution is 6.04. The Balaban J connectivity index is 1.61. The number of carbonyl (C=O) groups excluding carboxylic acids is 1. The third kappa shape index (κ3) is 3.67. The predicted molar refractivity (Wildman–Crippen MR) is 113 cm³/mol. The van der Waals surface area contributed by atoms with E-state index in [1.807, 2.05) is 48.5 Å². The first-order valence-electron chi connectivity index (χ1n) is 9.51. The summed E-state index contributed by atoms with van der Waals surface area (Å²) in [4.78, 5) is 17.0. The number of rotatable bonds is 5. The molecule has 3 aromatic carbocycles. The van der Waals surface area contributed by atoms with Gasteiger partial charge in [0.1, 0.15) is 5.52 Å². The molecule has 4 aromatic rings. The van der Waals surface area contributed by atoms with E-state index in [4.69, 9.17) is 4.42 Å². The largest absolute Gasteiger partial charge is 0.436 e. The second-order valence-corrected chi connectivity index (χ2v) is 6.96. The minimum absolute atomic E-state index is 0.145. The van der Waals surface area contributed by atoms with Gasteiger partial charge in [0.15, 0.2) is 5.58 Å². The molecular formula is C24H22N2O2. The number of aromatic nitrogens is 1. The highest BCUT2D eigenvalue weighted by atomic mass is 16.3. The van der Waals surface area contributed by atoms with Gasteiger partial charge in [-0.2, -0.15) is 0 Å². The van der Waals surface area contributed by atoms with E-state index in [2.05, 4.69) is 36.3 Å². The summed E-state index contributed by atoms with van der Waals surface area (Å²) in [6.07, 6.45) is 1.08. The molecule has 0 fully saturated rings. The van der Waals surface area contributed by atoms with Crippen molar-refractivity contribution >= 4 is 22.7 Å². The highest BCUT2D eigenvalue weighted by Gasteiger charge is 2.12. The van der Waals surface area contributed by atoms with E-state index in [0.717, 1.165) is 23.1 Å². The number of nitrogens with zero attached hydrogens (tertiary/aromatic N) is 1. The molecule has 140 valence electrons. The zero-order chi connectivity index (χ0) is 19.5. The van der Waals surface area contributed by atoms with Crippen LogP contribution in [0.25, 0.3) is 22.6 Å². The lowest BCUT2D eigenvalue weighted by molar-refractivity contribution is 0.102. The third-order valence-corrected chi connectivity index (χ3v) is 5.00. The fraction of sp³-hybridized carbons (Fsp3) is 0.167. The fourth-order valence-electron chi connectivity index (χ4n) is 3.13. The standard InChI is InChI=1S/C24H22N2O2/c1-3-16(2)18-12-13-22-21(15-18)26-24(28-22)19-10-7-11-20(14-19)25-23(27)17-8-5-4-6-9-17/h4-16H,3H2,1-2H3,(H,25,27)/t16-/m0/s1. The third-order valence-electron chi connectivity index (χ3n) is 5.00. The number of carbonyl (C=O) groups is 1. The number of benzene rings is 3. The van der Waals surface area contributed by atoms with Gasteiger partial charge in [-0.1, -0.05) is 44.2 Å². The van der Waals surface area contributed by atoms with Gasteiger partial charge in [0.05, 0.1) is 0 Å². The van der Waals surface area contributed by atoms with E-state index in [1.54, 1.807) is 12.1 Å². The van der Waals surface area contributed by atoms with Crippen LogP contribution in [0.5, 0.6) is 0 Å². The number of fused-ring (bicyclic) bond motifs is 1. The lowest BCUT2D eigenvalue weighted by Gasteiger charge is -2.07. The van der Waals surface area contributed by atoms with Crippen LogP contribution in [-0.2, 0) is 0 Å².